The molecule has 3 nitrogen and oxygen atoms in total. The molecule has 0 spiro atoms. The predicted molar refractivity (Wildman–Crippen MR) is 71.2 cm³/mol. The highest BCUT2D eigenvalue weighted by molar-refractivity contribution is 14.1. The van der Waals surface area contributed by atoms with E-state index < -0.39 is 0 Å². The highest BCUT2D eigenvalue weighted by Gasteiger charge is 2.16. The Hall–Kier alpha value is -0.563. The number of halogens is 1. The number of methoxy groups -OCH3 is 1. The van der Waals surface area contributed by atoms with Gasteiger partial charge in [-0.05, 0) is 41.1 Å². The monoisotopic (exact) mass is 347 g/mol. The summed E-state index contributed by atoms with van der Waals surface area (Å²) in [7, 11) is 4.87. The molecule has 3 radical (unpaired) electrons. The maximum atomic E-state index is 11.8. The van der Waals surface area contributed by atoms with Crippen LogP contribution in [0, 0.1) is 3.57 Å². The minimum atomic E-state index is -0.332. The van der Waals surface area contributed by atoms with E-state index in [0.717, 1.165) is 16.0 Å². The van der Waals surface area contributed by atoms with E-state index in [1.54, 1.807) is 13.2 Å². The van der Waals surface area contributed by atoms with Gasteiger partial charge in [0, 0.05) is 13.8 Å². The molecular weight excluding hydrogens is 335 g/mol. The maximum Gasteiger partial charge on any atom is 0.343 e. The van der Waals surface area contributed by atoms with E-state index in [1.165, 1.54) is 0 Å². The molecule has 85 valence electrons. The average molecular weight is 347 g/mol. The predicted octanol–water partition coefficient (Wildman–Crippen LogP) is 2.43. The quantitative estimate of drug-likeness (QED) is 0.355. The number of hydrogen-bond donors (Lipinski definition) is 0. The molecule has 0 atom stereocenters. The van der Waals surface area contributed by atoms with Crippen LogP contribution in [-0.4, -0.2) is 29.9 Å². The largest absolute Gasteiger partial charge is 0.496 e. The van der Waals surface area contributed by atoms with Gasteiger partial charge in [-0.1, -0.05) is 12.1 Å². The van der Waals surface area contributed by atoms with Gasteiger partial charge in [0.15, 0.2) is 0 Å². The van der Waals surface area contributed by atoms with E-state index in [-0.39, 0.29) is 5.97 Å². The first-order valence-electron chi connectivity index (χ1n) is 4.85. The van der Waals surface area contributed by atoms with E-state index in [1.807, 2.05) is 12.1 Å². The summed E-state index contributed by atoms with van der Waals surface area (Å²) in [5.74, 6) is 0.220. The Labute approximate surface area is 112 Å². The summed E-state index contributed by atoms with van der Waals surface area (Å²) in [5, 5.41) is 0. The summed E-state index contributed by atoms with van der Waals surface area (Å²) in [6.45, 7) is 0.413. The van der Waals surface area contributed by atoms with Gasteiger partial charge < -0.3 is 9.47 Å². The Balaban J connectivity index is 2.81. The average Bonchev–Trinajstić information content (AvgIpc) is 2.28. The minimum Gasteiger partial charge on any atom is -0.496 e. The van der Waals surface area contributed by atoms with Crippen molar-refractivity contribution in [3.63, 3.8) is 0 Å². The van der Waals surface area contributed by atoms with Crippen LogP contribution in [0.15, 0.2) is 18.2 Å². The Morgan fingerprint density at radius 3 is 2.88 bits per heavy atom. The van der Waals surface area contributed by atoms with Crippen molar-refractivity contribution in [3.8, 4) is 5.75 Å². The second-order valence-corrected chi connectivity index (χ2v) is 4.72. The smallest absolute Gasteiger partial charge is 0.343 e. The molecule has 0 fully saturated rings. The van der Waals surface area contributed by atoms with Crippen LogP contribution in [0.2, 0.25) is 6.04 Å². The summed E-state index contributed by atoms with van der Waals surface area (Å²) < 4.78 is 11.1. The van der Waals surface area contributed by atoms with Gasteiger partial charge >= 0.3 is 5.97 Å². The van der Waals surface area contributed by atoms with Crippen LogP contribution in [0.1, 0.15) is 16.8 Å². The minimum absolute atomic E-state index is 0.332. The number of esters is 1. The lowest BCUT2D eigenvalue weighted by Gasteiger charge is -2.09. The highest BCUT2D eigenvalue weighted by Crippen LogP contribution is 2.24. The molecule has 0 aliphatic carbocycles. The highest BCUT2D eigenvalue weighted by atomic mass is 127. The third-order valence-corrected chi connectivity index (χ3v) is 3.21. The molecule has 1 aromatic rings. The van der Waals surface area contributed by atoms with E-state index in [9.17, 15) is 4.79 Å². The zero-order valence-corrected chi connectivity index (χ0v) is 12.1. The molecular formula is C11H12IO3Si. The lowest BCUT2D eigenvalue weighted by molar-refractivity contribution is 0.0500. The molecule has 0 aliphatic heterocycles. The normalized spacial score (nSPS) is 9.94. The topological polar surface area (TPSA) is 35.5 Å². The zero-order chi connectivity index (χ0) is 12.0. The van der Waals surface area contributed by atoms with E-state index in [0.29, 0.717) is 17.9 Å². The van der Waals surface area contributed by atoms with Gasteiger partial charge in [-0.3, -0.25) is 0 Å². The lowest BCUT2D eigenvalue weighted by atomic mass is 10.2. The molecule has 0 amide bonds. The number of rotatable bonds is 5. The number of carbonyl (C=O) groups excluding carboxylic acids is 1. The fourth-order valence-corrected chi connectivity index (χ4v) is 2.02. The van der Waals surface area contributed by atoms with Crippen LogP contribution in [0.25, 0.3) is 0 Å². The Kier molecular flexibility index (Phi) is 5.82. The Morgan fingerprint density at radius 2 is 2.25 bits per heavy atom. The van der Waals surface area contributed by atoms with Crippen molar-refractivity contribution in [2.45, 2.75) is 12.5 Å². The van der Waals surface area contributed by atoms with Crippen LogP contribution in [0.5, 0.6) is 5.75 Å². The summed E-state index contributed by atoms with van der Waals surface area (Å²) >= 11 is 2.10. The molecule has 16 heavy (non-hydrogen) atoms. The molecule has 0 unspecified atom stereocenters. The Morgan fingerprint density at radius 1 is 1.50 bits per heavy atom. The van der Waals surface area contributed by atoms with E-state index in [2.05, 4.69) is 32.8 Å². The first-order valence-corrected chi connectivity index (χ1v) is 6.63. The molecule has 0 N–H and O–H groups in total. The van der Waals surface area contributed by atoms with Gasteiger partial charge in [0.1, 0.15) is 11.3 Å². The van der Waals surface area contributed by atoms with Crippen molar-refractivity contribution in [2.24, 2.45) is 0 Å². The molecule has 0 heterocycles. The fraction of sp³-hybridized carbons (Fsp3) is 0.364. The standard InChI is InChI=1S/C11H12IO3Si/c1-14-9-5-2-4-8(12)10(9)11(13)15-6-3-7-16/h2,4-5H,3,6-7H2,1H3. The third-order valence-electron chi connectivity index (χ3n) is 1.95. The van der Waals surface area contributed by atoms with Crippen molar-refractivity contribution in [1.29, 1.82) is 0 Å². The van der Waals surface area contributed by atoms with Crippen molar-refractivity contribution >= 4 is 38.8 Å². The van der Waals surface area contributed by atoms with E-state index >= 15 is 0 Å². The van der Waals surface area contributed by atoms with Crippen LogP contribution >= 0.6 is 22.6 Å². The number of benzene rings is 1. The third kappa shape index (κ3) is 3.48. The van der Waals surface area contributed by atoms with Crippen LogP contribution < -0.4 is 4.74 Å². The lowest BCUT2D eigenvalue weighted by Crippen LogP contribution is -2.10. The van der Waals surface area contributed by atoms with Crippen LogP contribution in [0.4, 0.5) is 0 Å². The number of hydrogen-bond acceptors (Lipinski definition) is 3. The Bertz CT molecular complexity index is 368. The van der Waals surface area contributed by atoms with Gasteiger partial charge in [-0.15, -0.1) is 0 Å². The first-order chi connectivity index (χ1) is 7.70. The summed E-state index contributed by atoms with van der Waals surface area (Å²) in [6.07, 6.45) is 0.800. The van der Waals surface area contributed by atoms with Crippen molar-refractivity contribution in [3.05, 3.63) is 27.3 Å². The van der Waals surface area contributed by atoms with Gasteiger partial charge in [-0.25, -0.2) is 4.79 Å². The molecule has 5 heteroatoms. The van der Waals surface area contributed by atoms with Gasteiger partial charge in [-0.2, -0.15) is 0 Å². The van der Waals surface area contributed by atoms with Gasteiger partial charge in [0.25, 0.3) is 0 Å². The van der Waals surface area contributed by atoms with Gasteiger partial charge in [0.05, 0.1) is 13.7 Å². The molecule has 0 bridgehead atoms. The first kappa shape index (κ1) is 13.5. The van der Waals surface area contributed by atoms with Crippen molar-refractivity contribution in [2.75, 3.05) is 13.7 Å². The fourth-order valence-electron chi connectivity index (χ4n) is 1.18. The van der Waals surface area contributed by atoms with Crippen molar-refractivity contribution < 1.29 is 14.3 Å². The number of carbonyl (C=O) groups is 1. The van der Waals surface area contributed by atoms with E-state index in [4.69, 9.17) is 9.47 Å². The molecule has 0 aromatic heterocycles. The second-order valence-electron chi connectivity index (χ2n) is 3.06. The summed E-state index contributed by atoms with van der Waals surface area (Å²) in [4.78, 5) is 11.8. The molecule has 1 aromatic carbocycles. The van der Waals surface area contributed by atoms with Crippen LogP contribution in [-0.2, 0) is 4.74 Å². The van der Waals surface area contributed by atoms with Crippen molar-refractivity contribution in [1.82, 2.24) is 0 Å². The number of ether oxygens (including phenoxy) is 2. The second kappa shape index (κ2) is 6.90. The summed E-state index contributed by atoms with van der Waals surface area (Å²) in [6, 6.07) is 6.26. The van der Waals surface area contributed by atoms with Gasteiger partial charge in [0.2, 0.25) is 0 Å². The SMILES string of the molecule is COc1cccc(I)c1C(=O)OCCC[Si]. The van der Waals surface area contributed by atoms with Crippen LogP contribution in [0.3, 0.4) is 0 Å². The molecule has 0 saturated carbocycles. The maximum absolute atomic E-state index is 11.8. The zero-order valence-electron chi connectivity index (χ0n) is 8.96. The molecule has 1 rings (SSSR count). The summed E-state index contributed by atoms with van der Waals surface area (Å²) in [5.41, 5.74) is 0.500. The molecule has 0 saturated heterocycles. The molecule has 0 aliphatic rings.